The van der Waals surface area contributed by atoms with Crippen molar-refractivity contribution in [1.29, 1.82) is 0 Å². The van der Waals surface area contributed by atoms with Gasteiger partial charge in [-0.05, 0) is 19.3 Å². The predicted octanol–water partition coefficient (Wildman–Crippen LogP) is 0.748. The number of ether oxygens (including phenoxy) is 2. The third-order valence-electron chi connectivity index (χ3n) is 6.39. The molecule has 4 aliphatic carbocycles. The Morgan fingerprint density at radius 1 is 0.864 bits per heavy atom. The molecule has 0 aromatic rings. The molecule has 0 N–H and O–H groups in total. The van der Waals surface area contributed by atoms with E-state index in [4.69, 9.17) is 9.47 Å². The van der Waals surface area contributed by atoms with Crippen LogP contribution in [0.5, 0.6) is 0 Å². The second kappa shape index (κ2) is 3.67. The van der Waals surface area contributed by atoms with Crippen LogP contribution in [0.25, 0.3) is 0 Å². The Hall–Kier alpha value is -1.98. The standard InChI is InChI=1S/C16H14O6/c17-12-8-7-5-6-3-1-2-4-16(6,10(8)14(19)21-12)11-9(7)13(18)22-15(11)20/h5,7-11H,1-4H2. The zero-order valence-corrected chi connectivity index (χ0v) is 11.7. The molecule has 22 heavy (non-hydrogen) atoms. The van der Waals surface area contributed by atoms with Gasteiger partial charge in [-0.3, -0.25) is 19.2 Å². The second-order valence-corrected chi connectivity index (χ2v) is 7.00. The molecule has 2 saturated heterocycles. The molecule has 1 spiro atoms. The lowest BCUT2D eigenvalue weighted by atomic mass is 9.41. The number of carbonyl (C=O) groups is 4. The molecule has 2 saturated carbocycles. The number of hydrogen-bond acceptors (Lipinski definition) is 6. The first-order valence-electron chi connectivity index (χ1n) is 7.78. The zero-order chi connectivity index (χ0) is 15.2. The molecule has 4 fully saturated rings. The molecule has 0 radical (unpaired) electrons. The third kappa shape index (κ3) is 1.13. The van der Waals surface area contributed by atoms with Crippen LogP contribution in [-0.4, -0.2) is 23.9 Å². The van der Waals surface area contributed by atoms with Crippen molar-refractivity contribution in [3.05, 3.63) is 11.6 Å². The quantitative estimate of drug-likeness (QED) is 0.373. The summed E-state index contributed by atoms with van der Waals surface area (Å²) in [7, 11) is 0. The van der Waals surface area contributed by atoms with Crippen molar-refractivity contribution in [3.8, 4) is 0 Å². The van der Waals surface area contributed by atoms with Crippen LogP contribution in [0.4, 0.5) is 0 Å². The molecule has 0 amide bonds. The SMILES string of the molecule is O=C1OC(=O)C2C1C1C=C3CCCCC32C2C(=O)OC(=O)C12. The number of hydrogen-bond donors (Lipinski definition) is 0. The van der Waals surface area contributed by atoms with Gasteiger partial charge >= 0.3 is 23.9 Å². The smallest absolute Gasteiger partial charge is 0.318 e. The van der Waals surface area contributed by atoms with Crippen LogP contribution < -0.4 is 0 Å². The first-order valence-corrected chi connectivity index (χ1v) is 7.78. The van der Waals surface area contributed by atoms with E-state index in [2.05, 4.69) is 0 Å². The maximum atomic E-state index is 12.3. The highest BCUT2D eigenvalue weighted by Gasteiger charge is 2.75. The van der Waals surface area contributed by atoms with Crippen molar-refractivity contribution in [2.75, 3.05) is 0 Å². The predicted molar refractivity (Wildman–Crippen MR) is 68.6 cm³/mol. The van der Waals surface area contributed by atoms with Crippen LogP contribution in [0.2, 0.25) is 0 Å². The van der Waals surface area contributed by atoms with Crippen LogP contribution in [0, 0.1) is 35.0 Å². The summed E-state index contributed by atoms with van der Waals surface area (Å²) in [6, 6.07) is 0. The summed E-state index contributed by atoms with van der Waals surface area (Å²) in [6.45, 7) is 0. The summed E-state index contributed by atoms with van der Waals surface area (Å²) < 4.78 is 9.79. The van der Waals surface area contributed by atoms with Gasteiger partial charge in [0.1, 0.15) is 0 Å². The van der Waals surface area contributed by atoms with E-state index in [0.717, 1.165) is 24.8 Å². The van der Waals surface area contributed by atoms with Crippen molar-refractivity contribution < 1.29 is 28.7 Å². The summed E-state index contributed by atoms with van der Waals surface area (Å²) in [5.74, 6) is -5.10. The molecule has 0 aromatic heterocycles. The minimum atomic E-state index is -0.741. The van der Waals surface area contributed by atoms with Crippen LogP contribution in [0.15, 0.2) is 11.6 Å². The molecule has 6 aliphatic rings. The van der Waals surface area contributed by atoms with Crippen LogP contribution in [0.1, 0.15) is 25.7 Å². The van der Waals surface area contributed by atoms with Gasteiger partial charge in [-0.1, -0.05) is 18.1 Å². The molecule has 6 nitrogen and oxygen atoms in total. The lowest BCUT2D eigenvalue weighted by molar-refractivity contribution is -0.156. The number of allylic oxidation sites excluding steroid dienone is 2. The highest BCUT2D eigenvalue weighted by molar-refractivity contribution is 6.04. The highest BCUT2D eigenvalue weighted by Crippen LogP contribution is 2.69. The van der Waals surface area contributed by atoms with E-state index < -0.39 is 58.9 Å². The van der Waals surface area contributed by atoms with Crippen molar-refractivity contribution in [1.82, 2.24) is 0 Å². The Balaban J connectivity index is 1.80. The number of esters is 4. The Labute approximate surface area is 125 Å². The van der Waals surface area contributed by atoms with E-state index >= 15 is 0 Å². The van der Waals surface area contributed by atoms with Crippen molar-refractivity contribution in [2.45, 2.75) is 25.7 Å². The topological polar surface area (TPSA) is 86.7 Å². The van der Waals surface area contributed by atoms with Gasteiger partial charge in [0, 0.05) is 11.3 Å². The lowest BCUT2D eigenvalue weighted by Crippen LogP contribution is -2.60. The summed E-state index contributed by atoms with van der Waals surface area (Å²) in [6.07, 6.45) is 5.30. The van der Waals surface area contributed by atoms with E-state index in [1.165, 1.54) is 0 Å². The van der Waals surface area contributed by atoms with Gasteiger partial charge in [0.25, 0.3) is 0 Å². The zero-order valence-electron chi connectivity index (χ0n) is 11.7. The molecule has 2 bridgehead atoms. The molecule has 4 unspecified atom stereocenters. The maximum absolute atomic E-state index is 12.3. The van der Waals surface area contributed by atoms with Gasteiger partial charge in [-0.15, -0.1) is 0 Å². The molecule has 2 heterocycles. The van der Waals surface area contributed by atoms with Gasteiger partial charge < -0.3 is 9.47 Å². The van der Waals surface area contributed by atoms with Gasteiger partial charge in [0.05, 0.1) is 23.7 Å². The summed E-state index contributed by atoms with van der Waals surface area (Å²) in [5, 5.41) is 0. The highest BCUT2D eigenvalue weighted by atomic mass is 16.6. The number of carbonyl (C=O) groups excluding carboxylic acids is 4. The van der Waals surface area contributed by atoms with E-state index in [-0.39, 0.29) is 0 Å². The first-order chi connectivity index (χ1) is 10.6. The Morgan fingerprint density at radius 3 is 2.05 bits per heavy atom. The molecule has 0 aromatic carbocycles. The lowest BCUT2D eigenvalue weighted by Gasteiger charge is -2.57. The van der Waals surface area contributed by atoms with Crippen LogP contribution in [-0.2, 0) is 28.7 Å². The molecule has 2 aliphatic heterocycles. The minimum Gasteiger partial charge on any atom is -0.393 e. The maximum Gasteiger partial charge on any atom is 0.318 e. The average molecular weight is 302 g/mol. The fourth-order valence-electron chi connectivity index (χ4n) is 5.78. The minimum absolute atomic E-state index is 0.442. The Kier molecular flexibility index (Phi) is 2.09. The Bertz CT molecular complexity index is 647. The molecule has 6 rings (SSSR count). The molecule has 4 atom stereocenters. The van der Waals surface area contributed by atoms with E-state index in [0.29, 0.717) is 6.42 Å². The van der Waals surface area contributed by atoms with E-state index in [1.807, 2.05) is 6.08 Å². The van der Waals surface area contributed by atoms with Crippen molar-refractivity contribution >= 4 is 23.9 Å². The third-order valence-corrected chi connectivity index (χ3v) is 6.39. The summed E-state index contributed by atoms with van der Waals surface area (Å²) in [5.41, 5.74) is 0.319. The summed E-state index contributed by atoms with van der Waals surface area (Å²) >= 11 is 0. The van der Waals surface area contributed by atoms with Gasteiger partial charge in [0.15, 0.2) is 0 Å². The molecule has 114 valence electrons. The monoisotopic (exact) mass is 302 g/mol. The number of rotatable bonds is 0. The van der Waals surface area contributed by atoms with Crippen LogP contribution >= 0.6 is 0 Å². The van der Waals surface area contributed by atoms with Gasteiger partial charge in [0.2, 0.25) is 0 Å². The van der Waals surface area contributed by atoms with E-state index in [9.17, 15) is 19.2 Å². The molecular weight excluding hydrogens is 288 g/mol. The van der Waals surface area contributed by atoms with Crippen LogP contribution in [0.3, 0.4) is 0 Å². The fraction of sp³-hybridized carbons (Fsp3) is 0.625. The Morgan fingerprint density at radius 2 is 1.45 bits per heavy atom. The van der Waals surface area contributed by atoms with Crippen molar-refractivity contribution in [2.24, 2.45) is 35.0 Å². The largest absolute Gasteiger partial charge is 0.393 e. The molecule has 6 heteroatoms. The fourth-order valence-corrected chi connectivity index (χ4v) is 5.78. The van der Waals surface area contributed by atoms with E-state index in [1.54, 1.807) is 0 Å². The summed E-state index contributed by atoms with van der Waals surface area (Å²) in [4.78, 5) is 49.0. The van der Waals surface area contributed by atoms with Gasteiger partial charge in [-0.2, -0.15) is 0 Å². The first kappa shape index (κ1) is 12.6. The average Bonchev–Trinajstić information content (AvgIpc) is 2.98. The normalized spacial score (nSPS) is 48.4. The number of cyclic esters (lactones) is 4. The van der Waals surface area contributed by atoms with Gasteiger partial charge in [-0.25, -0.2) is 0 Å². The second-order valence-electron chi connectivity index (χ2n) is 7.00. The van der Waals surface area contributed by atoms with Crippen molar-refractivity contribution in [3.63, 3.8) is 0 Å². The molecular formula is C16H14O6.